The van der Waals surface area contributed by atoms with Gasteiger partial charge in [-0.15, -0.1) is 0 Å². The third kappa shape index (κ3) is 3.32. The van der Waals surface area contributed by atoms with Gasteiger partial charge in [0.15, 0.2) is 17.3 Å². The first kappa shape index (κ1) is 19.6. The maximum atomic E-state index is 15.2. The summed E-state index contributed by atoms with van der Waals surface area (Å²) in [4.78, 5) is 17.1. The normalized spacial score (nSPS) is 11.3. The van der Waals surface area contributed by atoms with E-state index in [-0.39, 0.29) is 30.4 Å². The van der Waals surface area contributed by atoms with Crippen LogP contribution in [0.4, 0.5) is 10.2 Å². The van der Waals surface area contributed by atoms with E-state index in [1.807, 2.05) is 18.2 Å². The van der Waals surface area contributed by atoms with Gasteiger partial charge in [0.25, 0.3) is 5.91 Å². The molecule has 1 amide bonds. The van der Waals surface area contributed by atoms with Gasteiger partial charge in [-0.25, -0.2) is 18.6 Å². The van der Waals surface area contributed by atoms with Crippen molar-refractivity contribution < 1.29 is 19.4 Å². The molecule has 0 atom stereocenters. The molecule has 0 aliphatic carbocycles. The van der Waals surface area contributed by atoms with Gasteiger partial charge in [0, 0.05) is 17.3 Å². The van der Waals surface area contributed by atoms with E-state index in [1.165, 1.54) is 41.2 Å². The van der Waals surface area contributed by atoms with E-state index in [0.29, 0.717) is 27.7 Å². The summed E-state index contributed by atoms with van der Waals surface area (Å²) in [5.74, 6) is -0.928. The minimum absolute atomic E-state index is 0.0331. The van der Waals surface area contributed by atoms with Crippen molar-refractivity contribution in [3.63, 3.8) is 0 Å². The average molecular weight is 432 g/mol. The number of phenols is 1. The molecule has 0 fully saturated rings. The van der Waals surface area contributed by atoms with Crippen molar-refractivity contribution in [3.8, 4) is 17.0 Å². The molecule has 4 heterocycles. The number of aliphatic hydroxyl groups is 1. The number of nitrogens with zero attached hydrogens (tertiary/aromatic N) is 5. The number of hydrogen-bond donors (Lipinski definition) is 3. The lowest BCUT2D eigenvalue weighted by Crippen LogP contribution is -2.13. The van der Waals surface area contributed by atoms with Crippen LogP contribution in [0.1, 0.15) is 10.4 Å². The molecule has 5 aromatic rings. The minimum atomic E-state index is -0.597. The number of aliphatic hydroxyl groups excluding tert-OH is 1. The number of phenolic OH excluding ortho intramolecular Hbond substituents is 1. The van der Waals surface area contributed by atoms with Crippen molar-refractivity contribution in [2.45, 2.75) is 6.54 Å². The maximum Gasteiger partial charge on any atom is 0.256 e. The van der Waals surface area contributed by atoms with Crippen LogP contribution >= 0.6 is 0 Å². The van der Waals surface area contributed by atoms with Crippen molar-refractivity contribution in [1.29, 1.82) is 0 Å². The first-order valence-electron chi connectivity index (χ1n) is 9.76. The fourth-order valence-corrected chi connectivity index (χ4v) is 3.51. The first-order valence-corrected chi connectivity index (χ1v) is 9.76. The Hall–Kier alpha value is -4.31. The standard InChI is InChI=1S/C22H17FN6O3/c23-17-11-15-20(26-22(32)13-4-6-14(31)7-5-13)27-29(9-10-30)21(15)25-19(17)16-12-24-28-8-2-1-3-18(16)28/h1-8,11-12,30-31H,9-10H2,(H,26,27,32). The number of pyridine rings is 2. The number of amides is 1. The summed E-state index contributed by atoms with van der Waals surface area (Å²) in [5.41, 5.74) is 1.90. The second-order valence-electron chi connectivity index (χ2n) is 7.08. The Morgan fingerprint density at radius 2 is 1.97 bits per heavy atom. The molecule has 0 aliphatic heterocycles. The van der Waals surface area contributed by atoms with Crippen LogP contribution in [0.3, 0.4) is 0 Å². The molecule has 1 aromatic carbocycles. The lowest BCUT2D eigenvalue weighted by molar-refractivity contribution is 0.102. The predicted molar refractivity (Wildman–Crippen MR) is 115 cm³/mol. The van der Waals surface area contributed by atoms with E-state index in [2.05, 4.69) is 20.5 Å². The Morgan fingerprint density at radius 1 is 1.16 bits per heavy atom. The van der Waals surface area contributed by atoms with Gasteiger partial charge in [-0.05, 0) is 42.5 Å². The summed E-state index contributed by atoms with van der Waals surface area (Å²) in [7, 11) is 0. The van der Waals surface area contributed by atoms with Crippen molar-refractivity contribution in [1.82, 2.24) is 24.4 Å². The van der Waals surface area contributed by atoms with Crippen LogP contribution in [0.2, 0.25) is 0 Å². The average Bonchev–Trinajstić information content (AvgIpc) is 3.35. The highest BCUT2D eigenvalue weighted by molar-refractivity contribution is 6.07. The maximum absolute atomic E-state index is 15.2. The van der Waals surface area contributed by atoms with Gasteiger partial charge < -0.3 is 15.5 Å². The fraction of sp³-hybridized carbons (Fsp3) is 0.0909. The van der Waals surface area contributed by atoms with Crippen LogP contribution in [-0.4, -0.2) is 47.1 Å². The van der Waals surface area contributed by atoms with E-state index in [4.69, 9.17) is 0 Å². The second-order valence-corrected chi connectivity index (χ2v) is 7.08. The van der Waals surface area contributed by atoms with Gasteiger partial charge in [0.2, 0.25) is 0 Å². The Morgan fingerprint density at radius 3 is 2.75 bits per heavy atom. The number of hydrogen-bond acceptors (Lipinski definition) is 6. The molecule has 4 aromatic heterocycles. The molecule has 0 radical (unpaired) electrons. The highest BCUT2D eigenvalue weighted by Crippen LogP contribution is 2.31. The third-order valence-corrected chi connectivity index (χ3v) is 5.03. The number of aromatic hydroxyl groups is 1. The fourth-order valence-electron chi connectivity index (χ4n) is 3.51. The zero-order valence-electron chi connectivity index (χ0n) is 16.6. The van der Waals surface area contributed by atoms with Crippen molar-refractivity contribution in [2.24, 2.45) is 0 Å². The molecule has 0 bridgehead atoms. The molecule has 0 spiro atoms. The summed E-state index contributed by atoms with van der Waals surface area (Å²) in [6.07, 6.45) is 3.29. The number of nitrogens with one attached hydrogen (secondary N) is 1. The van der Waals surface area contributed by atoms with Gasteiger partial charge >= 0.3 is 0 Å². The Labute approximate surface area is 180 Å². The number of rotatable bonds is 5. The van der Waals surface area contributed by atoms with Crippen LogP contribution < -0.4 is 5.32 Å². The number of aromatic nitrogens is 5. The zero-order valence-corrected chi connectivity index (χ0v) is 16.6. The largest absolute Gasteiger partial charge is 0.508 e. The van der Waals surface area contributed by atoms with E-state index < -0.39 is 11.7 Å². The molecule has 0 saturated heterocycles. The third-order valence-electron chi connectivity index (χ3n) is 5.03. The quantitative estimate of drug-likeness (QED) is 0.393. The molecule has 10 heteroatoms. The second kappa shape index (κ2) is 7.75. The molecule has 0 aliphatic rings. The molecule has 9 nitrogen and oxygen atoms in total. The topological polar surface area (TPSA) is 118 Å². The smallest absolute Gasteiger partial charge is 0.256 e. The molecule has 5 rings (SSSR count). The molecular weight excluding hydrogens is 415 g/mol. The van der Waals surface area contributed by atoms with Crippen LogP contribution in [0.5, 0.6) is 5.75 Å². The van der Waals surface area contributed by atoms with Gasteiger partial charge in [0.1, 0.15) is 11.4 Å². The van der Waals surface area contributed by atoms with E-state index in [0.717, 1.165) is 0 Å². The van der Waals surface area contributed by atoms with Crippen LogP contribution in [0, 0.1) is 5.82 Å². The highest BCUT2D eigenvalue weighted by atomic mass is 19.1. The number of halogens is 1. The lowest BCUT2D eigenvalue weighted by Gasteiger charge is -2.05. The summed E-state index contributed by atoms with van der Waals surface area (Å²) >= 11 is 0. The highest BCUT2D eigenvalue weighted by Gasteiger charge is 2.20. The van der Waals surface area contributed by atoms with Gasteiger partial charge in [0.05, 0.1) is 30.3 Å². The predicted octanol–water partition coefficient (Wildman–Crippen LogP) is 2.84. The number of benzene rings is 1. The summed E-state index contributed by atoms with van der Waals surface area (Å²) in [5, 5.41) is 30.3. The number of fused-ring (bicyclic) bond motifs is 2. The Balaban J connectivity index is 1.61. The first-order chi connectivity index (χ1) is 15.5. The monoisotopic (exact) mass is 432 g/mol. The lowest BCUT2D eigenvalue weighted by atomic mass is 10.1. The molecular formula is C22H17FN6O3. The number of carbonyl (C=O) groups is 1. The van der Waals surface area contributed by atoms with Gasteiger partial charge in [-0.1, -0.05) is 6.07 Å². The number of anilines is 1. The van der Waals surface area contributed by atoms with Crippen LogP contribution in [-0.2, 0) is 6.54 Å². The Bertz CT molecular complexity index is 1460. The summed E-state index contributed by atoms with van der Waals surface area (Å²) < 4.78 is 18.2. The van der Waals surface area contributed by atoms with Crippen molar-refractivity contribution >= 4 is 28.3 Å². The Kier molecular flexibility index (Phi) is 4.75. The van der Waals surface area contributed by atoms with Crippen LogP contribution in [0.15, 0.2) is 60.9 Å². The van der Waals surface area contributed by atoms with E-state index in [9.17, 15) is 15.0 Å². The summed E-state index contributed by atoms with van der Waals surface area (Å²) in [6.45, 7) is -0.106. The minimum Gasteiger partial charge on any atom is -0.508 e. The molecule has 0 unspecified atom stereocenters. The summed E-state index contributed by atoms with van der Waals surface area (Å²) in [6, 6.07) is 12.4. The van der Waals surface area contributed by atoms with Gasteiger partial charge in [-0.2, -0.15) is 10.2 Å². The van der Waals surface area contributed by atoms with Crippen molar-refractivity contribution in [2.75, 3.05) is 11.9 Å². The molecule has 3 N–H and O–H groups in total. The van der Waals surface area contributed by atoms with Crippen molar-refractivity contribution in [3.05, 3.63) is 72.3 Å². The van der Waals surface area contributed by atoms with Gasteiger partial charge in [-0.3, -0.25) is 4.79 Å². The molecule has 32 heavy (non-hydrogen) atoms. The van der Waals surface area contributed by atoms with Crippen LogP contribution in [0.25, 0.3) is 27.8 Å². The zero-order chi connectivity index (χ0) is 22.2. The van der Waals surface area contributed by atoms with E-state index in [1.54, 1.807) is 10.7 Å². The molecule has 0 saturated carbocycles. The van der Waals surface area contributed by atoms with E-state index >= 15 is 4.39 Å². The number of carbonyl (C=O) groups excluding carboxylic acids is 1. The SMILES string of the molecule is O=C(Nc1nn(CCO)c2nc(-c3cnn4ccccc34)c(F)cc12)c1ccc(O)cc1. The molecule has 160 valence electrons.